The normalized spacial score (nSPS) is 11.8. The number of hydrogen-bond acceptors (Lipinski definition) is 4. The lowest BCUT2D eigenvalue weighted by atomic mass is 10.0. The third kappa shape index (κ3) is 3.58. The van der Waals surface area contributed by atoms with Gasteiger partial charge in [-0.2, -0.15) is 0 Å². The minimum atomic E-state index is -0.262. The highest BCUT2D eigenvalue weighted by Gasteiger charge is 2.24. The second-order valence-electron chi connectivity index (χ2n) is 5.92. The van der Waals surface area contributed by atoms with Crippen LogP contribution in [0.25, 0.3) is 11.3 Å². The molecule has 1 heterocycles. The summed E-state index contributed by atoms with van der Waals surface area (Å²) in [6.45, 7) is 3.65. The zero-order chi connectivity index (χ0) is 18.7. The van der Waals surface area contributed by atoms with E-state index in [1.165, 1.54) is 0 Å². The molecule has 0 radical (unpaired) electrons. The van der Waals surface area contributed by atoms with Gasteiger partial charge in [-0.3, -0.25) is 4.79 Å². The molecule has 0 saturated carbocycles. The van der Waals surface area contributed by atoms with Gasteiger partial charge in [0.25, 0.3) is 5.91 Å². The molecule has 6 heteroatoms. The van der Waals surface area contributed by atoms with E-state index in [1.54, 1.807) is 26.2 Å². The van der Waals surface area contributed by atoms with Crippen molar-refractivity contribution in [2.45, 2.75) is 19.9 Å². The van der Waals surface area contributed by atoms with Gasteiger partial charge in [0.1, 0.15) is 11.3 Å². The average molecular weight is 371 g/mol. The molecule has 1 atom stereocenters. The number of amides is 1. The predicted molar refractivity (Wildman–Crippen MR) is 101 cm³/mol. The Morgan fingerprint density at radius 1 is 1.19 bits per heavy atom. The van der Waals surface area contributed by atoms with Crippen molar-refractivity contribution in [3.05, 3.63) is 70.4 Å². The number of methoxy groups -OCH3 is 1. The SMILES string of the molecule is COc1ccc([C@H](C)NC(=O)c2c(C)noc2-c2ccccc2Cl)cc1. The molecule has 1 aromatic heterocycles. The van der Waals surface area contributed by atoms with E-state index in [9.17, 15) is 4.79 Å². The Bertz CT molecular complexity index is 919. The van der Waals surface area contributed by atoms with Gasteiger partial charge in [-0.15, -0.1) is 0 Å². The van der Waals surface area contributed by atoms with Crippen molar-refractivity contribution in [1.29, 1.82) is 0 Å². The van der Waals surface area contributed by atoms with Gasteiger partial charge < -0.3 is 14.6 Å². The smallest absolute Gasteiger partial charge is 0.257 e. The fourth-order valence-electron chi connectivity index (χ4n) is 2.71. The molecule has 0 fully saturated rings. The molecule has 5 nitrogen and oxygen atoms in total. The van der Waals surface area contributed by atoms with Gasteiger partial charge in [0, 0.05) is 5.56 Å². The van der Waals surface area contributed by atoms with Crippen molar-refractivity contribution in [3.8, 4) is 17.1 Å². The number of nitrogens with zero attached hydrogens (tertiary/aromatic N) is 1. The number of aryl methyl sites for hydroxylation is 1. The lowest BCUT2D eigenvalue weighted by Crippen LogP contribution is -2.27. The highest BCUT2D eigenvalue weighted by Crippen LogP contribution is 2.32. The summed E-state index contributed by atoms with van der Waals surface area (Å²) in [7, 11) is 1.62. The van der Waals surface area contributed by atoms with Crippen LogP contribution < -0.4 is 10.1 Å². The van der Waals surface area contributed by atoms with Gasteiger partial charge in [0.2, 0.25) is 0 Å². The first-order chi connectivity index (χ1) is 12.5. The van der Waals surface area contributed by atoms with Gasteiger partial charge in [-0.05, 0) is 43.7 Å². The first-order valence-corrected chi connectivity index (χ1v) is 8.55. The van der Waals surface area contributed by atoms with Gasteiger partial charge in [0.15, 0.2) is 5.76 Å². The highest BCUT2D eigenvalue weighted by atomic mass is 35.5. The Kier molecular flexibility index (Phi) is 5.28. The van der Waals surface area contributed by atoms with Crippen molar-refractivity contribution in [2.75, 3.05) is 7.11 Å². The summed E-state index contributed by atoms with van der Waals surface area (Å²) in [4.78, 5) is 12.9. The van der Waals surface area contributed by atoms with E-state index in [-0.39, 0.29) is 11.9 Å². The molecule has 0 unspecified atom stereocenters. The summed E-state index contributed by atoms with van der Waals surface area (Å²) in [5.41, 5.74) is 2.50. The molecule has 3 rings (SSSR count). The molecule has 3 aromatic rings. The quantitative estimate of drug-likeness (QED) is 0.700. The van der Waals surface area contributed by atoms with E-state index in [4.69, 9.17) is 20.9 Å². The van der Waals surface area contributed by atoms with E-state index < -0.39 is 0 Å². The van der Waals surface area contributed by atoms with Gasteiger partial charge in [-0.25, -0.2) is 0 Å². The van der Waals surface area contributed by atoms with Crippen LogP contribution in [-0.2, 0) is 0 Å². The number of benzene rings is 2. The first kappa shape index (κ1) is 18.0. The van der Waals surface area contributed by atoms with Gasteiger partial charge in [0.05, 0.1) is 23.9 Å². The molecule has 2 aromatic carbocycles. The summed E-state index contributed by atoms with van der Waals surface area (Å²) in [5.74, 6) is 0.873. The minimum absolute atomic E-state index is 0.193. The Hall–Kier alpha value is -2.79. The summed E-state index contributed by atoms with van der Waals surface area (Å²) < 4.78 is 10.5. The molecule has 0 aliphatic rings. The highest BCUT2D eigenvalue weighted by molar-refractivity contribution is 6.33. The van der Waals surface area contributed by atoms with Crippen LogP contribution in [0.15, 0.2) is 53.1 Å². The van der Waals surface area contributed by atoms with Crippen LogP contribution in [0, 0.1) is 6.92 Å². The number of ether oxygens (including phenoxy) is 1. The van der Waals surface area contributed by atoms with Crippen LogP contribution in [0.1, 0.15) is 34.6 Å². The molecule has 0 bridgehead atoms. The maximum Gasteiger partial charge on any atom is 0.257 e. The zero-order valence-corrected chi connectivity index (χ0v) is 15.5. The van der Waals surface area contributed by atoms with E-state index >= 15 is 0 Å². The molecule has 0 aliphatic carbocycles. The predicted octanol–water partition coefficient (Wildman–Crippen LogP) is 4.80. The van der Waals surface area contributed by atoms with Crippen molar-refractivity contribution < 1.29 is 14.1 Å². The Morgan fingerprint density at radius 3 is 2.54 bits per heavy atom. The number of hydrogen-bond donors (Lipinski definition) is 1. The number of halogens is 1. The maximum absolute atomic E-state index is 12.9. The van der Waals surface area contributed by atoms with E-state index in [0.29, 0.717) is 27.6 Å². The average Bonchev–Trinajstić information content (AvgIpc) is 3.03. The first-order valence-electron chi connectivity index (χ1n) is 8.17. The largest absolute Gasteiger partial charge is 0.497 e. The Morgan fingerprint density at radius 2 is 1.88 bits per heavy atom. The molecule has 1 N–H and O–H groups in total. The number of nitrogens with one attached hydrogen (secondary N) is 1. The van der Waals surface area contributed by atoms with Crippen LogP contribution >= 0.6 is 11.6 Å². The lowest BCUT2D eigenvalue weighted by molar-refractivity contribution is 0.0939. The summed E-state index contributed by atoms with van der Waals surface area (Å²) >= 11 is 6.24. The monoisotopic (exact) mass is 370 g/mol. The summed E-state index contributed by atoms with van der Waals surface area (Å²) in [6, 6.07) is 14.6. The molecule has 0 aliphatic heterocycles. The minimum Gasteiger partial charge on any atom is -0.497 e. The molecule has 0 spiro atoms. The van der Waals surface area contributed by atoms with Crippen LogP contribution in [0.3, 0.4) is 0 Å². The molecule has 134 valence electrons. The van der Waals surface area contributed by atoms with Crippen molar-refractivity contribution in [3.63, 3.8) is 0 Å². The molecular formula is C20H19ClN2O3. The fraction of sp³-hybridized carbons (Fsp3) is 0.200. The number of carbonyl (C=O) groups is 1. The summed E-state index contributed by atoms with van der Waals surface area (Å²) in [6.07, 6.45) is 0. The Balaban J connectivity index is 1.86. The zero-order valence-electron chi connectivity index (χ0n) is 14.7. The van der Waals surface area contributed by atoms with E-state index in [0.717, 1.165) is 11.3 Å². The maximum atomic E-state index is 12.9. The Labute approximate surface area is 156 Å². The van der Waals surface area contributed by atoms with Crippen LogP contribution in [0.2, 0.25) is 5.02 Å². The second-order valence-corrected chi connectivity index (χ2v) is 6.33. The number of rotatable bonds is 5. The lowest BCUT2D eigenvalue weighted by Gasteiger charge is -2.15. The molecular weight excluding hydrogens is 352 g/mol. The number of carbonyl (C=O) groups excluding carboxylic acids is 1. The van der Waals surface area contributed by atoms with E-state index in [1.807, 2.05) is 43.3 Å². The second kappa shape index (κ2) is 7.62. The van der Waals surface area contributed by atoms with Crippen LogP contribution in [0.5, 0.6) is 5.75 Å². The standard InChI is InChI=1S/C20H19ClN2O3/c1-12(14-8-10-15(25-3)11-9-14)22-20(24)18-13(2)23-26-19(18)16-6-4-5-7-17(16)21/h4-12H,1-3H3,(H,22,24)/t12-/m0/s1. The van der Waals surface area contributed by atoms with Crippen LogP contribution in [-0.4, -0.2) is 18.2 Å². The molecule has 26 heavy (non-hydrogen) atoms. The molecule has 0 saturated heterocycles. The fourth-order valence-corrected chi connectivity index (χ4v) is 2.93. The van der Waals surface area contributed by atoms with Gasteiger partial charge in [-0.1, -0.05) is 41.0 Å². The third-order valence-corrected chi connectivity index (χ3v) is 4.50. The van der Waals surface area contributed by atoms with E-state index in [2.05, 4.69) is 10.5 Å². The molecule has 1 amide bonds. The third-order valence-electron chi connectivity index (χ3n) is 4.17. The van der Waals surface area contributed by atoms with Gasteiger partial charge >= 0.3 is 0 Å². The van der Waals surface area contributed by atoms with Crippen molar-refractivity contribution >= 4 is 17.5 Å². The van der Waals surface area contributed by atoms with Crippen molar-refractivity contribution in [1.82, 2.24) is 10.5 Å². The topological polar surface area (TPSA) is 64.4 Å². The van der Waals surface area contributed by atoms with Crippen LogP contribution in [0.4, 0.5) is 0 Å². The van der Waals surface area contributed by atoms with Crippen molar-refractivity contribution in [2.24, 2.45) is 0 Å². The summed E-state index contributed by atoms with van der Waals surface area (Å²) in [5, 5.41) is 7.43. The number of aromatic nitrogens is 1.